The highest BCUT2D eigenvalue weighted by atomic mass is 16.6. The summed E-state index contributed by atoms with van der Waals surface area (Å²) < 4.78 is 10.6. The topological polar surface area (TPSA) is 72.8 Å². The quantitative estimate of drug-likeness (QED) is 0.0403. The smallest absolute Gasteiger partial charge is 0.306 e. The minimum Gasteiger partial charge on any atom is -0.462 e. The van der Waals surface area contributed by atoms with Crippen LogP contribution in [0, 0.1) is 0 Å². The predicted molar refractivity (Wildman–Crippen MR) is 205 cm³/mol. The molecule has 0 fully saturated rings. The lowest BCUT2D eigenvalue weighted by Crippen LogP contribution is -2.28. The van der Waals surface area contributed by atoms with Crippen molar-refractivity contribution in [3.63, 3.8) is 0 Å². The van der Waals surface area contributed by atoms with Crippen LogP contribution in [-0.4, -0.2) is 36.4 Å². The molecule has 0 rings (SSSR count). The van der Waals surface area contributed by atoms with Crippen molar-refractivity contribution >= 4 is 11.9 Å². The van der Waals surface area contributed by atoms with Crippen molar-refractivity contribution < 1.29 is 24.2 Å². The van der Waals surface area contributed by atoms with Crippen molar-refractivity contribution in [2.45, 2.75) is 213 Å². The molecule has 0 radical (unpaired) electrons. The third-order valence-corrected chi connectivity index (χ3v) is 8.91. The molecule has 0 spiro atoms. The zero-order valence-corrected chi connectivity index (χ0v) is 31.7. The summed E-state index contributed by atoms with van der Waals surface area (Å²) in [5, 5.41) is 9.56. The van der Waals surface area contributed by atoms with E-state index in [9.17, 15) is 14.7 Å². The first-order valence-electron chi connectivity index (χ1n) is 20.5. The minimum atomic E-state index is -0.776. The van der Waals surface area contributed by atoms with E-state index in [0.717, 1.165) is 51.4 Å². The number of ether oxygens (including phenoxy) is 2. The van der Waals surface area contributed by atoms with Crippen molar-refractivity contribution in [3.8, 4) is 0 Å². The summed E-state index contributed by atoms with van der Waals surface area (Å²) in [6.07, 6.45) is 47.7. The molecule has 0 aliphatic carbocycles. The summed E-state index contributed by atoms with van der Waals surface area (Å²) in [4.78, 5) is 24.3. The Morgan fingerprint density at radius 1 is 0.479 bits per heavy atom. The molecule has 0 amide bonds. The van der Waals surface area contributed by atoms with Gasteiger partial charge in [0, 0.05) is 12.8 Å². The van der Waals surface area contributed by atoms with Crippen LogP contribution >= 0.6 is 0 Å². The molecule has 0 aliphatic heterocycles. The van der Waals surface area contributed by atoms with Gasteiger partial charge in [-0.15, -0.1) is 0 Å². The Hall–Kier alpha value is -1.88. The van der Waals surface area contributed by atoms with Gasteiger partial charge >= 0.3 is 11.9 Å². The lowest BCUT2D eigenvalue weighted by atomic mass is 10.1. The summed E-state index contributed by atoms with van der Waals surface area (Å²) in [6.45, 7) is 4.10. The highest BCUT2D eigenvalue weighted by molar-refractivity contribution is 5.70. The van der Waals surface area contributed by atoms with E-state index in [1.54, 1.807) is 0 Å². The van der Waals surface area contributed by atoms with Crippen LogP contribution in [0.25, 0.3) is 0 Å². The number of esters is 2. The molecule has 0 saturated carbocycles. The summed E-state index contributed by atoms with van der Waals surface area (Å²) in [5.74, 6) is -0.606. The van der Waals surface area contributed by atoms with E-state index in [1.165, 1.54) is 128 Å². The van der Waals surface area contributed by atoms with Crippen molar-refractivity contribution in [2.75, 3.05) is 13.2 Å². The van der Waals surface area contributed by atoms with Crippen molar-refractivity contribution in [1.82, 2.24) is 0 Å². The molecule has 0 unspecified atom stereocenters. The second-order valence-electron chi connectivity index (χ2n) is 13.7. The number of carbonyl (C=O) groups excluding carboxylic acids is 2. The number of aliphatic hydroxyl groups is 1. The fourth-order valence-electron chi connectivity index (χ4n) is 5.75. The molecule has 0 heterocycles. The largest absolute Gasteiger partial charge is 0.462 e. The van der Waals surface area contributed by atoms with Gasteiger partial charge in [-0.1, -0.05) is 159 Å². The van der Waals surface area contributed by atoms with Gasteiger partial charge in [0.15, 0.2) is 6.10 Å². The minimum absolute atomic E-state index is 0.0726. The van der Waals surface area contributed by atoms with Gasteiger partial charge in [-0.25, -0.2) is 0 Å². The first-order valence-corrected chi connectivity index (χ1v) is 20.5. The predicted octanol–water partition coefficient (Wildman–Crippen LogP) is 12.8. The molecule has 1 N–H and O–H groups in total. The van der Waals surface area contributed by atoms with Crippen LogP contribution in [0.3, 0.4) is 0 Å². The Kier molecular flexibility index (Phi) is 38.0. The molecule has 280 valence electrons. The second kappa shape index (κ2) is 39.6. The highest BCUT2D eigenvalue weighted by Gasteiger charge is 2.16. The Morgan fingerprint density at radius 3 is 1.29 bits per heavy atom. The summed E-state index contributed by atoms with van der Waals surface area (Å²) >= 11 is 0. The third-order valence-electron chi connectivity index (χ3n) is 8.91. The summed E-state index contributed by atoms with van der Waals surface area (Å²) in [7, 11) is 0. The number of allylic oxidation sites excluding steroid dienone is 6. The molecule has 0 aromatic rings. The third kappa shape index (κ3) is 36.9. The van der Waals surface area contributed by atoms with Gasteiger partial charge in [-0.2, -0.15) is 0 Å². The van der Waals surface area contributed by atoms with Gasteiger partial charge in [-0.3, -0.25) is 9.59 Å². The van der Waals surface area contributed by atoms with Crippen LogP contribution in [0.5, 0.6) is 0 Å². The SMILES string of the molecule is CCCCCC=CCC=CCCCCCCCC(=O)OC[C@H](CO)OC(=O)CCCCCCCCCCCC=CCCCCCCCC. The van der Waals surface area contributed by atoms with Crippen LogP contribution in [-0.2, 0) is 19.1 Å². The zero-order valence-electron chi connectivity index (χ0n) is 31.7. The summed E-state index contributed by atoms with van der Waals surface area (Å²) in [6, 6.07) is 0. The Balaban J connectivity index is 3.55. The Labute approximate surface area is 297 Å². The molecule has 0 aromatic carbocycles. The number of unbranched alkanes of at least 4 members (excludes halogenated alkanes) is 23. The standard InChI is InChI=1S/C43H78O5/c1-3-5-7-9-11-13-15-17-19-20-21-22-24-26-28-30-32-34-36-38-43(46)48-41(39-44)40-47-42(45)37-35-33-31-29-27-25-23-18-16-14-12-10-8-6-4-2/h12,14,17-19,23,41,44H,3-11,13,15-16,20-22,24-40H2,1-2H3/t41-/m0/s1. The van der Waals surface area contributed by atoms with E-state index >= 15 is 0 Å². The number of hydrogen-bond acceptors (Lipinski definition) is 5. The number of hydrogen-bond donors (Lipinski definition) is 1. The molecular formula is C43H78O5. The molecule has 0 saturated heterocycles. The first kappa shape index (κ1) is 46.1. The van der Waals surface area contributed by atoms with Crippen molar-refractivity contribution in [1.29, 1.82) is 0 Å². The molecule has 0 aromatic heterocycles. The van der Waals surface area contributed by atoms with Crippen LogP contribution < -0.4 is 0 Å². The summed E-state index contributed by atoms with van der Waals surface area (Å²) in [5.41, 5.74) is 0. The van der Waals surface area contributed by atoms with Crippen molar-refractivity contribution in [3.05, 3.63) is 36.5 Å². The highest BCUT2D eigenvalue weighted by Crippen LogP contribution is 2.14. The van der Waals surface area contributed by atoms with Crippen LogP contribution in [0.2, 0.25) is 0 Å². The Bertz CT molecular complexity index is 771. The van der Waals surface area contributed by atoms with E-state index in [-0.39, 0.29) is 25.2 Å². The lowest BCUT2D eigenvalue weighted by Gasteiger charge is -2.15. The fourth-order valence-corrected chi connectivity index (χ4v) is 5.75. The first-order chi connectivity index (χ1) is 23.6. The van der Waals surface area contributed by atoms with E-state index < -0.39 is 6.10 Å². The average Bonchev–Trinajstić information content (AvgIpc) is 3.09. The van der Waals surface area contributed by atoms with Crippen LogP contribution in [0.1, 0.15) is 206 Å². The van der Waals surface area contributed by atoms with Gasteiger partial charge in [0.25, 0.3) is 0 Å². The van der Waals surface area contributed by atoms with Gasteiger partial charge in [0.2, 0.25) is 0 Å². The van der Waals surface area contributed by atoms with E-state index in [0.29, 0.717) is 12.8 Å². The lowest BCUT2D eigenvalue weighted by molar-refractivity contribution is -0.161. The maximum absolute atomic E-state index is 12.2. The maximum atomic E-state index is 12.2. The normalized spacial score (nSPS) is 12.5. The van der Waals surface area contributed by atoms with E-state index in [1.807, 2.05) is 0 Å². The fraction of sp³-hybridized carbons (Fsp3) is 0.814. The monoisotopic (exact) mass is 675 g/mol. The van der Waals surface area contributed by atoms with E-state index in [2.05, 4.69) is 50.3 Å². The zero-order chi connectivity index (χ0) is 35.0. The second-order valence-corrected chi connectivity index (χ2v) is 13.7. The van der Waals surface area contributed by atoms with Crippen LogP contribution in [0.4, 0.5) is 0 Å². The number of carbonyl (C=O) groups is 2. The maximum Gasteiger partial charge on any atom is 0.306 e. The molecule has 5 nitrogen and oxygen atoms in total. The van der Waals surface area contributed by atoms with Gasteiger partial charge in [-0.05, 0) is 70.6 Å². The molecule has 48 heavy (non-hydrogen) atoms. The van der Waals surface area contributed by atoms with E-state index in [4.69, 9.17) is 9.47 Å². The number of aliphatic hydroxyl groups excluding tert-OH is 1. The average molecular weight is 675 g/mol. The van der Waals surface area contributed by atoms with Crippen LogP contribution in [0.15, 0.2) is 36.5 Å². The molecule has 1 atom stereocenters. The molecule has 5 heteroatoms. The molecular weight excluding hydrogens is 596 g/mol. The van der Waals surface area contributed by atoms with Crippen molar-refractivity contribution in [2.24, 2.45) is 0 Å². The van der Waals surface area contributed by atoms with Gasteiger partial charge in [0.05, 0.1) is 6.61 Å². The number of rotatable bonds is 37. The molecule has 0 bridgehead atoms. The van der Waals surface area contributed by atoms with Gasteiger partial charge in [0.1, 0.15) is 6.61 Å². The van der Waals surface area contributed by atoms with Gasteiger partial charge < -0.3 is 14.6 Å². The molecule has 0 aliphatic rings. The Morgan fingerprint density at radius 2 is 0.833 bits per heavy atom.